The second-order valence-corrected chi connectivity index (χ2v) is 5.94. The number of nitrogens with one attached hydrogen (secondary N) is 1. The Balaban J connectivity index is 1.88. The number of halogens is 1. The van der Waals surface area contributed by atoms with E-state index in [1.807, 2.05) is 17.9 Å². The summed E-state index contributed by atoms with van der Waals surface area (Å²) in [6.45, 7) is 3.66. The molecule has 1 N–H and O–H groups in total. The van der Waals surface area contributed by atoms with Crippen LogP contribution in [-0.4, -0.2) is 36.3 Å². The first-order valence-corrected chi connectivity index (χ1v) is 7.69. The minimum atomic E-state index is -0.212. The standard InChI is InChI=1S/C15H19BrN2O2/c1-11-5-6-12(9-13(11)16)15(20)17-10-14(19)18-7-3-2-4-8-18/h5-6,9H,2-4,7-8,10H2,1H3,(H,17,20). The SMILES string of the molecule is Cc1ccc(C(=O)NCC(=O)N2CCCCC2)cc1Br. The van der Waals surface area contributed by atoms with E-state index in [9.17, 15) is 9.59 Å². The number of carbonyl (C=O) groups excluding carboxylic acids is 2. The number of likely N-dealkylation sites (tertiary alicyclic amines) is 1. The average Bonchev–Trinajstić information content (AvgIpc) is 2.48. The topological polar surface area (TPSA) is 49.4 Å². The van der Waals surface area contributed by atoms with Gasteiger partial charge < -0.3 is 10.2 Å². The fourth-order valence-corrected chi connectivity index (χ4v) is 2.63. The maximum atomic E-state index is 12.0. The van der Waals surface area contributed by atoms with E-state index in [1.165, 1.54) is 6.42 Å². The van der Waals surface area contributed by atoms with E-state index in [4.69, 9.17) is 0 Å². The monoisotopic (exact) mass is 338 g/mol. The van der Waals surface area contributed by atoms with E-state index in [-0.39, 0.29) is 18.4 Å². The van der Waals surface area contributed by atoms with Gasteiger partial charge in [0.25, 0.3) is 5.91 Å². The van der Waals surface area contributed by atoms with Crippen LogP contribution in [-0.2, 0) is 4.79 Å². The molecule has 2 amide bonds. The Morgan fingerprint density at radius 1 is 1.25 bits per heavy atom. The molecule has 1 aliphatic rings. The number of amides is 2. The molecule has 4 nitrogen and oxygen atoms in total. The summed E-state index contributed by atoms with van der Waals surface area (Å²) in [7, 11) is 0. The van der Waals surface area contributed by atoms with Crippen molar-refractivity contribution in [2.75, 3.05) is 19.6 Å². The normalized spacial score (nSPS) is 15.0. The van der Waals surface area contributed by atoms with Gasteiger partial charge in [-0.25, -0.2) is 0 Å². The molecule has 0 saturated carbocycles. The third-order valence-electron chi connectivity index (χ3n) is 3.54. The fourth-order valence-electron chi connectivity index (χ4n) is 2.25. The van der Waals surface area contributed by atoms with Crippen molar-refractivity contribution in [2.45, 2.75) is 26.2 Å². The molecule has 2 rings (SSSR count). The van der Waals surface area contributed by atoms with Gasteiger partial charge in [-0.05, 0) is 43.9 Å². The molecule has 5 heteroatoms. The van der Waals surface area contributed by atoms with Gasteiger partial charge in [-0.3, -0.25) is 9.59 Å². The zero-order valence-electron chi connectivity index (χ0n) is 11.6. The zero-order valence-corrected chi connectivity index (χ0v) is 13.2. The molecule has 20 heavy (non-hydrogen) atoms. The van der Waals surface area contributed by atoms with E-state index in [0.29, 0.717) is 5.56 Å². The molecule has 0 atom stereocenters. The highest BCUT2D eigenvalue weighted by atomic mass is 79.9. The van der Waals surface area contributed by atoms with Crippen molar-refractivity contribution in [3.63, 3.8) is 0 Å². The van der Waals surface area contributed by atoms with Crippen LogP contribution in [0.1, 0.15) is 35.2 Å². The lowest BCUT2D eigenvalue weighted by Crippen LogP contribution is -2.42. The van der Waals surface area contributed by atoms with Gasteiger partial charge in [0.2, 0.25) is 5.91 Å². The molecule has 0 aromatic heterocycles. The smallest absolute Gasteiger partial charge is 0.251 e. The van der Waals surface area contributed by atoms with E-state index in [0.717, 1.165) is 36.0 Å². The summed E-state index contributed by atoms with van der Waals surface area (Å²) in [5.41, 5.74) is 1.64. The summed E-state index contributed by atoms with van der Waals surface area (Å²) in [5, 5.41) is 2.69. The number of hydrogen-bond acceptors (Lipinski definition) is 2. The Labute approximate surface area is 127 Å². The number of rotatable bonds is 3. The summed E-state index contributed by atoms with van der Waals surface area (Å²) < 4.78 is 0.896. The number of hydrogen-bond donors (Lipinski definition) is 1. The molecular weight excluding hydrogens is 320 g/mol. The van der Waals surface area contributed by atoms with Crippen molar-refractivity contribution in [3.05, 3.63) is 33.8 Å². The molecule has 1 aromatic rings. The van der Waals surface area contributed by atoms with Crippen LogP contribution >= 0.6 is 15.9 Å². The second-order valence-electron chi connectivity index (χ2n) is 5.09. The molecular formula is C15H19BrN2O2. The van der Waals surface area contributed by atoms with Gasteiger partial charge in [0.15, 0.2) is 0 Å². The summed E-state index contributed by atoms with van der Waals surface area (Å²) >= 11 is 3.40. The van der Waals surface area contributed by atoms with Gasteiger partial charge >= 0.3 is 0 Å². The lowest BCUT2D eigenvalue weighted by Gasteiger charge is -2.26. The molecule has 1 saturated heterocycles. The molecule has 0 unspecified atom stereocenters. The van der Waals surface area contributed by atoms with Gasteiger partial charge in [0.1, 0.15) is 0 Å². The fraction of sp³-hybridized carbons (Fsp3) is 0.467. The molecule has 1 aliphatic heterocycles. The third kappa shape index (κ3) is 3.82. The number of benzene rings is 1. The van der Waals surface area contributed by atoms with Gasteiger partial charge in [-0.15, -0.1) is 0 Å². The van der Waals surface area contributed by atoms with Crippen LogP contribution in [0.4, 0.5) is 0 Å². The van der Waals surface area contributed by atoms with Gasteiger partial charge in [0.05, 0.1) is 6.54 Å². The van der Waals surface area contributed by atoms with Crippen molar-refractivity contribution in [2.24, 2.45) is 0 Å². The third-order valence-corrected chi connectivity index (χ3v) is 4.40. The van der Waals surface area contributed by atoms with Crippen LogP contribution in [0.15, 0.2) is 22.7 Å². The molecule has 108 valence electrons. The zero-order chi connectivity index (χ0) is 14.5. The van der Waals surface area contributed by atoms with Crippen LogP contribution < -0.4 is 5.32 Å². The summed E-state index contributed by atoms with van der Waals surface area (Å²) in [6.07, 6.45) is 3.31. The number of nitrogens with zero attached hydrogens (tertiary/aromatic N) is 1. The first kappa shape index (κ1) is 15.0. The van der Waals surface area contributed by atoms with Crippen molar-refractivity contribution in [1.29, 1.82) is 0 Å². The molecule has 1 heterocycles. The Morgan fingerprint density at radius 3 is 2.60 bits per heavy atom. The predicted molar refractivity (Wildman–Crippen MR) is 81.6 cm³/mol. The Morgan fingerprint density at radius 2 is 1.95 bits per heavy atom. The van der Waals surface area contributed by atoms with Gasteiger partial charge in [-0.1, -0.05) is 22.0 Å². The first-order valence-electron chi connectivity index (χ1n) is 6.90. The van der Waals surface area contributed by atoms with Gasteiger partial charge in [0, 0.05) is 23.1 Å². The highest BCUT2D eigenvalue weighted by molar-refractivity contribution is 9.10. The number of carbonyl (C=O) groups is 2. The Hall–Kier alpha value is -1.36. The summed E-state index contributed by atoms with van der Waals surface area (Å²) in [5.74, 6) is -0.208. The number of aryl methyl sites for hydroxylation is 1. The van der Waals surface area contributed by atoms with E-state index < -0.39 is 0 Å². The van der Waals surface area contributed by atoms with Crippen LogP contribution in [0.3, 0.4) is 0 Å². The summed E-state index contributed by atoms with van der Waals surface area (Å²) in [6, 6.07) is 5.42. The van der Waals surface area contributed by atoms with Crippen LogP contribution in [0, 0.1) is 6.92 Å². The quantitative estimate of drug-likeness (QED) is 0.920. The maximum absolute atomic E-state index is 12.0. The molecule has 0 aliphatic carbocycles. The van der Waals surface area contributed by atoms with E-state index in [1.54, 1.807) is 12.1 Å². The van der Waals surface area contributed by atoms with Crippen molar-refractivity contribution in [1.82, 2.24) is 10.2 Å². The highest BCUT2D eigenvalue weighted by Crippen LogP contribution is 2.17. The van der Waals surface area contributed by atoms with Crippen molar-refractivity contribution >= 4 is 27.7 Å². The summed E-state index contributed by atoms with van der Waals surface area (Å²) in [4.78, 5) is 25.8. The van der Waals surface area contributed by atoms with Crippen molar-refractivity contribution in [3.8, 4) is 0 Å². The first-order chi connectivity index (χ1) is 9.58. The largest absolute Gasteiger partial charge is 0.343 e. The number of piperidine rings is 1. The Kier molecular flexibility index (Phi) is 5.17. The van der Waals surface area contributed by atoms with E-state index >= 15 is 0 Å². The maximum Gasteiger partial charge on any atom is 0.251 e. The molecule has 0 bridgehead atoms. The van der Waals surface area contributed by atoms with Crippen LogP contribution in [0.25, 0.3) is 0 Å². The molecule has 0 radical (unpaired) electrons. The van der Waals surface area contributed by atoms with Crippen molar-refractivity contribution < 1.29 is 9.59 Å². The lowest BCUT2D eigenvalue weighted by molar-refractivity contribution is -0.130. The van der Waals surface area contributed by atoms with Crippen LogP contribution in [0.2, 0.25) is 0 Å². The van der Waals surface area contributed by atoms with Gasteiger partial charge in [-0.2, -0.15) is 0 Å². The second kappa shape index (κ2) is 6.88. The molecule has 1 aromatic carbocycles. The highest BCUT2D eigenvalue weighted by Gasteiger charge is 2.17. The van der Waals surface area contributed by atoms with Crippen LogP contribution in [0.5, 0.6) is 0 Å². The Bertz CT molecular complexity index is 511. The lowest BCUT2D eigenvalue weighted by atomic mass is 10.1. The minimum absolute atomic E-state index is 0.00391. The van der Waals surface area contributed by atoms with E-state index in [2.05, 4.69) is 21.2 Å². The minimum Gasteiger partial charge on any atom is -0.343 e. The average molecular weight is 339 g/mol. The predicted octanol–water partition coefficient (Wildman–Crippen LogP) is 2.50. The molecule has 0 spiro atoms. The molecule has 1 fully saturated rings.